The van der Waals surface area contributed by atoms with Crippen LogP contribution in [0.3, 0.4) is 0 Å². The molecule has 0 amide bonds. The van der Waals surface area contributed by atoms with Gasteiger partial charge in [-0.1, -0.05) is 22.4 Å². The number of halogens is 1. The maximum Gasteiger partial charge on any atom is 0.273 e. The van der Waals surface area contributed by atoms with Gasteiger partial charge in [0.15, 0.2) is 0 Å². The maximum atomic E-state index is 11.0. The molecule has 6 heteroatoms. The summed E-state index contributed by atoms with van der Waals surface area (Å²) in [6, 6.07) is 5.54. The van der Waals surface area contributed by atoms with Crippen LogP contribution in [-0.4, -0.2) is 35.5 Å². The van der Waals surface area contributed by atoms with Crippen LogP contribution in [0.1, 0.15) is 31.7 Å². The molecule has 5 nitrogen and oxygen atoms in total. The molecule has 0 bridgehead atoms. The number of nitrogens with zero attached hydrogens (tertiary/aromatic N) is 2. The molecule has 1 fully saturated rings. The monoisotopic (exact) mass is 355 g/mol. The number of nitro groups is 1. The predicted molar refractivity (Wildman–Crippen MR) is 87.4 cm³/mol. The SMILES string of the molecule is CC(CNCc1cc(Br)ccc1[N+](=O)[O-])N1CCCCC1. The number of nitro benzene ring substituents is 1. The first kappa shape index (κ1) is 16.4. The molecule has 0 aromatic heterocycles. The highest BCUT2D eigenvalue weighted by atomic mass is 79.9. The lowest BCUT2D eigenvalue weighted by molar-refractivity contribution is -0.385. The first-order valence-electron chi connectivity index (χ1n) is 7.45. The second-order valence-corrected chi connectivity index (χ2v) is 6.52. The van der Waals surface area contributed by atoms with Crippen LogP contribution in [0.5, 0.6) is 0 Å². The van der Waals surface area contributed by atoms with Gasteiger partial charge in [-0.15, -0.1) is 0 Å². The first-order valence-corrected chi connectivity index (χ1v) is 8.25. The number of nitrogens with one attached hydrogen (secondary N) is 1. The summed E-state index contributed by atoms with van der Waals surface area (Å²) in [6.07, 6.45) is 3.89. The molecule has 1 saturated heterocycles. The highest BCUT2D eigenvalue weighted by Gasteiger charge is 2.17. The van der Waals surface area contributed by atoms with E-state index in [4.69, 9.17) is 0 Å². The van der Waals surface area contributed by atoms with Crippen LogP contribution in [0.4, 0.5) is 5.69 Å². The number of likely N-dealkylation sites (tertiary alicyclic amines) is 1. The Hall–Kier alpha value is -0.980. The molecule has 21 heavy (non-hydrogen) atoms. The zero-order valence-electron chi connectivity index (χ0n) is 12.3. The standard InChI is InChI=1S/C15H22BrN3O2/c1-12(18-7-3-2-4-8-18)10-17-11-13-9-14(16)5-6-15(13)19(20)21/h5-6,9,12,17H,2-4,7-8,10-11H2,1H3. The molecule has 0 saturated carbocycles. The number of benzene rings is 1. The van der Waals surface area contributed by atoms with Gasteiger partial charge in [0, 0.05) is 35.2 Å². The lowest BCUT2D eigenvalue weighted by Gasteiger charge is -2.32. The molecule has 1 N–H and O–H groups in total. The van der Waals surface area contributed by atoms with Crippen LogP contribution < -0.4 is 5.32 Å². The van der Waals surface area contributed by atoms with Crippen molar-refractivity contribution in [3.05, 3.63) is 38.3 Å². The molecule has 0 spiro atoms. The van der Waals surface area contributed by atoms with E-state index in [1.54, 1.807) is 12.1 Å². The van der Waals surface area contributed by atoms with Crippen molar-refractivity contribution in [2.24, 2.45) is 0 Å². The minimum Gasteiger partial charge on any atom is -0.311 e. The van der Waals surface area contributed by atoms with E-state index < -0.39 is 0 Å². The van der Waals surface area contributed by atoms with E-state index in [2.05, 4.69) is 33.1 Å². The van der Waals surface area contributed by atoms with E-state index in [1.165, 1.54) is 32.4 Å². The topological polar surface area (TPSA) is 58.4 Å². The van der Waals surface area contributed by atoms with Gasteiger partial charge in [-0.3, -0.25) is 15.0 Å². The molecule has 1 unspecified atom stereocenters. The molecule has 1 aliphatic rings. The quantitative estimate of drug-likeness (QED) is 0.628. The summed E-state index contributed by atoms with van der Waals surface area (Å²) in [4.78, 5) is 13.2. The van der Waals surface area contributed by atoms with Gasteiger partial charge in [0.1, 0.15) is 0 Å². The summed E-state index contributed by atoms with van der Waals surface area (Å²) in [6.45, 7) is 5.92. The van der Waals surface area contributed by atoms with E-state index in [9.17, 15) is 10.1 Å². The molecule has 1 heterocycles. The normalized spacial score (nSPS) is 17.6. The summed E-state index contributed by atoms with van der Waals surface area (Å²) < 4.78 is 0.869. The molecule has 116 valence electrons. The van der Waals surface area contributed by atoms with Crippen LogP contribution in [0.15, 0.2) is 22.7 Å². The van der Waals surface area contributed by atoms with E-state index in [0.29, 0.717) is 12.6 Å². The van der Waals surface area contributed by atoms with Crippen molar-refractivity contribution in [3.63, 3.8) is 0 Å². The Kier molecular flexibility index (Phi) is 6.14. The van der Waals surface area contributed by atoms with Gasteiger partial charge in [-0.25, -0.2) is 0 Å². The van der Waals surface area contributed by atoms with Gasteiger partial charge in [0.05, 0.1) is 4.92 Å². The number of rotatable bonds is 6. The van der Waals surface area contributed by atoms with Crippen molar-refractivity contribution < 1.29 is 4.92 Å². The van der Waals surface area contributed by atoms with E-state index >= 15 is 0 Å². The van der Waals surface area contributed by atoms with Crippen LogP contribution in [0.25, 0.3) is 0 Å². The van der Waals surface area contributed by atoms with Crippen LogP contribution >= 0.6 is 15.9 Å². The molecule has 1 aromatic rings. The zero-order chi connectivity index (χ0) is 15.2. The Morgan fingerprint density at radius 1 is 1.38 bits per heavy atom. The van der Waals surface area contributed by atoms with Gasteiger partial charge < -0.3 is 5.32 Å². The molecule has 1 atom stereocenters. The van der Waals surface area contributed by atoms with E-state index in [-0.39, 0.29) is 10.6 Å². The Labute approximate surface area is 134 Å². The van der Waals surface area contributed by atoms with Crippen LogP contribution in [0.2, 0.25) is 0 Å². The third-order valence-corrected chi connectivity index (χ3v) is 4.50. The number of hydrogen-bond donors (Lipinski definition) is 1. The molecular weight excluding hydrogens is 334 g/mol. The molecule has 1 aliphatic heterocycles. The van der Waals surface area contributed by atoms with Gasteiger partial charge in [0.2, 0.25) is 0 Å². The smallest absolute Gasteiger partial charge is 0.273 e. The second kappa shape index (κ2) is 7.87. The Balaban J connectivity index is 1.88. The van der Waals surface area contributed by atoms with Gasteiger partial charge in [-0.2, -0.15) is 0 Å². The lowest BCUT2D eigenvalue weighted by atomic mass is 10.1. The van der Waals surface area contributed by atoms with Crippen molar-refractivity contribution in [2.45, 2.75) is 38.8 Å². The summed E-state index contributed by atoms with van der Waals surface area (Å²) in [5, 5.41) is 14.4. The summed E-state index contributed by atoms with van der Waals surface area (Å²) in [7, 11) is 0. The predicted octanol–water partition coefficient (Wildman–Crippen LogP) is 3.32. The average molecular weight is 356 g/mol. The van der Waals surface area contributed by atoms with Crippen molar-refractivity contribution in [3.8, 4) is 0 Å². The highest BCUT2D eigenvalue weighted by Crippen LogP contribution is 2.22. The fourth-order valence-electron chi connectivity index (χ4n) is 2.78. The van der Waals surface area contributed by atoms with Crippen LogP contribution in [0, 0.1) is 10.1 Å². The summed E-state index contributed by atoms with van der Waals surface area (Å²) in [5.41, 5.74) is 0.900. The molecule has 0 aliphatic carbocycles. The maximum absolute atomic E-state index is 11.0. The Morgan fingerprint density at radius 2 is 2.10 bits per heavy atom. The van der Waals surface area contributed by atoms with Crippen molar-refractivity contribution >= 4 is 21.6 Å². The van der Waals surface area contributed by atoms with E-state index in [1.807, 2.05) is 6.07 Å². The fourth-order valence-corrected chi connectivity index (χ4v) is 3.19. The third kappa shape index (κ3) is 4.76. The molecular formula is C15H22BrN3O2. The molecule has 1 aromatic carbocycles. The Bertz CT molecular complexity index is 490. The average Bonchev–Trinajstić information content (AvgIpc) is 2.48. The summed E-state index contributed by atoms with van der Waals surface area (Å²) >= 11 is 3.37. The van der Waals surface area contributed by atoms with Gasteiger partial charge >= 0.3 is 0 Å². The van der Waals surface area contributed by atoms with Crippen molar-refractivity contribution in [1.29, 1.82) is 0 Å². The highest BCUT2D eigenvalue weighted by molar-refractivity contribution is 9.10. The van der Waals surface area contributed by atoms with Gasteiger partial charge in [-0.05, 0) is 45.0 Å². The third-order valence-electron chi connectivity index (χ3n) is 4.01. The van der Waals surface area contributed by atoms with Crippen molar-refractivity contribution in [1.82, 2.24) is 10.2 Å². The zero-order valence-corrected chi connectivity index (χ0v) is 13.9. The second-order valence-electron chi connectivity index (χ2n) is 5.61. The van der Waals surface area contributed by atoms with Gasteiger partial charge in [0.25, 0.3) is 5.69 Å². The summed E-state index contributed by atoms with van der Waals surface area (Å²) in [5.74, 6) is 0. The minimum atomic E-state index is -0.322. The number of hydrogen-bond acceptors (Lipinski definition) is 4. The van der Waals surface area contributed by atoms with Crippen LogP contribution in [-0.2, 0) is 6.54 Å². The largest absolute Gasteiger partial charge is 0.311 e. The first-order chi connectivity index (χ1) is 10.1. The minimum absolute atomic E-state index is 0.177. The lowest BCUT2D eigenvalue weighted by Crippen LogP contribution is -2.43. The van der Waals surface area contributed by atoms with Crippen molar-refractivity contribution in [2.75, 3.05) is 19.6 Å². The fraction of sp³-hybridized carbons (Fsp3) is 0.600. The number of piperidine rings is 1. The van der Waals surface area contributed by atoms with E-state index in [0.717, 1.165) is 16.6 Å². The molecule has 2 rings (SSSR count). The molecule has 0 radical (unpaired) electrons. The Morgan fingerprint density at radius 3 is 2.76 bits per heavy atom.